The van der Waals surface area contributed by atoms with E-state index in [0.717, 1.165) is 4.47 Å². The highest BCUT2D eigenvalue weighted by molar-refractivity contribution is 9.10. The van der Waals surface area contributed by atoms with Crippen LogP contribution in [0.4, 0.5) is 0 Å². The number of amides is 2. The minimum Gasteiger partial charge on any atom is -0.481 e. The lowest BCUT2D eigenvalue weighted by Crippen LogP contribution is -2.50. The Morgan fingerprint density at radius 1 is 1.00 bits per heavy atom. The van der Waals surface area contributed by atoms with Gasteiger partial charge in [0.2, 0.25) is 0 Å². The van der Waals surface area contributed by atoms with E-state index in [1.165, 1.54) is 6.92 Å². The second kappa shape index (κ2) is 9.59. The van der Waals surface area contributed by atoms with E-state index >= 15 is 0 Å². The quantitative estimate of drug-likeness (QED) is 0.684. The van der Waals surface area contributed by atoms with Crippen LogP contribution in [0.1, 0.15) is 19.4 Å². The number of nitriles is 1. The molecule has 0 aromatic heterocycles. The van der Waals surface area contributed by atoms with Crippen molar-refractivity contribution < 1.29 is 19.1 Å². The molecule has 0 radical (unpaired) electrons. The number of benzene rings is 2. The summed E-state index contributed by atoms with van der Waals surface area (Å²) in [6, 6.07) is 15.6. The Balaban J connectivity index is 1.84. The minimum atomic E-state index is -0.916. The number of hydrogen-bond acceptors (Lipinski definition) is 5. The predicted octanol–water partition coefficient (Wildman–Crippen LogP) is 2.70. The fraction of sp³-hybridized carbons (Fsp3) is 0.211. The summed E-state index contributed by atoms with van der Waals surface area (Å²) in [5.74, 6) is -0.276. The van der Waals surface area contributed by atoms with Gasteiger partial charge in [0.1, 0.15) is 17.6 Å². The van der Waals surface area contributed by atoms with Gasteiger partial charge in [0.05, 0.1) is 5.56 Å². The summed E-state index contributed by atoms with van der Waals surface area (Å²) >= 11 is 3.32. The van der Waals surface area contributed by atoms with E-state index in [4.69, 9.17) is 14.7 Å². The molecule has 2 aromatic carbocycles. The number of carbonyl (C=O) groups is 2. The van der Waals surface area contributed by atoms with Crippen molar-refractivity contribution in [2.24, 2.45) is 0 Å². The standard InChI is InChI=1S/C19H18BrN3O4/c1-12(26-16-8-5-7-15(20)10-16)18(24)22-23-19(25)13(2)27-17-9-4-3-6-14(17)11-21/h3-10,12-13H,1-2H3,(H,22,24)(H,23,25). The Labute approximate surface area is 165 Å². The molecule has 2 atom stereocenters. The molecule has 0 aliphatic carbocycles. The lowest BCUT2D eigenvalue weighted by molar-refractivity contribution is -0.135. The molecule has 140 valence electrons. The van der Waals surface area contributed by atoms with Crippen molar-refractivity contribution in [1.29, 1.82) is 5.26 Å². The van der Waals surface area contributed by atoms with Crippen molar-refractivity contribution in [3.05, 3.63) is 58.6 Å². The lowest BCUT2D eigenvalue weighted by atomic mass is 10.2. The van der Waals surface area contributed by atoms with Gasteiger partial charge < -0.3 is 9.47 Å². The Hall–Kier alpha value is -3.05. The maximum Gasteiger partial charge on any atom is 0.279 e. The highest BCUT2D eigenvalue weighted by atomic mass is 79.9. The zero-order valence-corrected chi connectivity index (χ0v) is 16.3. The van der Waals surface area contributed by atoms with Crippen molar-refractivity contribution in [2.45, 2.75) is 26.1 Å². The van der Waals surface area contributed by atoms with Crippen LogP contribution in [-0.2, 0) is 9.59 Å². The lowest BCUT2D eigenvalue weighted by Gasteiger charge is -2.18. The van der Waals surface area contributed by atoms with Gasteiger partial charge in [0, 0.05) is 4.47 Å². The molecule has 0 fully saturated rings. The van der Waals surface area contributed by atoms with Gasteiger partial charge in [-0.1, -0.05) is 34.1 Å². The molecule has 2 amide bonds. The highest BCUT2D eigenvalue weighted by Crippen LogP contribution is 2.19. The molecule has 2 aromatic rings. The summed E-state index contributed by atoms with van der Waals surface area (Å²) in [6.07, 6.45) is -1.74. The van der Waals surface area contributed by atoms with Crippen molar-refractivity contribution in [3.8, 4) is 17.6 Å². The first-order valence-electron chi connectivity index (χ1n) is 8.08. The van der Waals surface area contributed by atoms with E-state index in [-0.39, 0.29) is 0 Å². The molecule has 2 rings (SSSR count). The molecule has 8 heteroatoms. The van der Waals surface area contributed by atoms with Crippen LogP contribution in [0.25, 0.3) is 0 Å². The van der Waals surface area contributed by atoms with Gasteiger partial charge in [-0.2, -0.15) is 5.26 Å². The molecule has 27 heavy (non-hydrogen) atoms. The van der Waals surface area contributed by atoms with Crippen molar-refractivity contribution in [3.63, 3.8) is 0 Å². The molecule has 0 saturated carbocycles. The third-order valence-electron chi connectivity index (χ3n) is 3.47. The smallest absolute Gasteiger partial charge is 0.279 e. The molecule has 0 saturated heterocycles. The summed E-state index contributed by atoms with van der Waals surface area (Å²) in [7, 11) is 0. The molecular formula is C19H18BrN3O4. The summed E-state index contributed by atoms with van der Waals surface area (Å²) in [5.41, 5.74) is 4.89. The van der Waals surface area contributed by atoms with Crippen LogP contribution in [0, 0.1) is 11.3 Å². The Morgan fingerprint density at radius 2 is 1.63 bits per heavy atom. The molecule has 2 unspecified atom stereocenters. The van der Waals surface area contributed by atoms with Gasteiger partial charge in [-0.15, -0.1) is 0 Å². The minimum absolute atomic E-state index is 0.292. The van der Waals surface area contributed by atoms with E-state index in [2.05, 4.69) is 26.8 Å². The van der Waals surface area contributed by atoms with Crippen LogP contribution < -0.4 is 20.3 Å². The first kappa shape index (κ1) is 20.3. The normalized spacial score (nSPS) is 12.2. The van der Waals surface area contributed by atoms with Crippen LogP contribution >= 0.6 is 15.9 Å². The third-order valence-corrected chi connectivity index (χ3v) is 3.96. The fourth-order valence-electron chi connectivity index (χ4n) is 2.03. The van der Waals surface area contributed by atoms with Crippen LogP contribution in [0.15, 0.2) is 53.0 Å². The van der Waals surface area contributed by atoms with Crippen LogP contribution in [0.2, 0.25) is 0 Å². The SMILES string of the molecule is CC(Oc1cccc(Br)c1)C(=O)NNC(=O)C(C)Oc1ccccc1C#N. The summed E-state index contributed by atoms with van der Waals surface area (Å²) in [5, 5.41) is 9.04. The third kappa shape index (κ3) is 6.01. The number of nitrogens with one attached hydrogen (secondary N) is 2. The van der Waals surface area contributed by atoms with Crippen molar-refractivity contribution >= 4 is 27.7 Å². The van der Waals surface area contributed by atoms with E-state index in [1.54, 1.807) is 49.4 Å². The maximum absolute atomic E-state index is 12.1. The number of hydrazine groups is 1. The highest BCUT2D eigenvalue weighted by Gasteiger charge is 2.19. The molecule has 7 nitrogen and oxygen atoms in total. The Morgan fingerprint density at radius 3 is 2.26 bits per heavy atom. The summed E-state index contributed by atoms with van der Waals surface area (Å²) < 4.78 is 11.8. The van der Waals surface area contributed by atoms with Gasteiger partial charge in [0.15, 0.2) is 12.2 Å². The summed E-state index contributed by atoms with van der Waals surface area (Å²) in [4.78, 5) is 24.2. The Kier molecular flexibility index (Phi) is 7.20. The number of nitrogens with zero attached hydrogens (tertiary/aromatic N) is 1. The molecule has 0 aliphatic rings. The van der Waals surface area contributed by atoms with E-state index in [1.807, 2.05) is 12.1 Å². The molecular weight excluding hydrogens is 414 g/mol. The van der Waals surface area contributed by atoms with Gasteiger partial charge in [0.25, 0.3) is 11.8 Å². The monoisotopic (exact) mass is 431 g/mol. The van der Waals surface area contributed by atoms with Crippen molar-refractivity contribution in [1.82, 2.24) is 10.9 Å². The number of hydrogen-bond donors (Lipinski definition) is 2. The molecule has 0 spiro atoms. The fourth-order valence-corrected chi connectivity index (χ4v) is 2.41. The first-order chi connectivity index (χ1) is 12.9. The number of rotatable bonds is 6. The molecule has 0 heterocycles. The summed E-state index contributed by atoms with van der Waals surface area (Å²) in [6.45, 7) is 3.07. The second-order valence-electron chi connectivity index (χ2n) is 5.56. The second-order valence-corrected chi connectivity index (χ2v) is 6.48. The zero-order valence-electron chi connectivity index (χ0n) is 14.7. The average Bonchev–Trinajstić information content (AvgIpc) is 2.66. The number of carbonyl (C=O) groups excluding carboxylic acids is 2. The largest absolute Gasteiger partial charge is 0.481 e. The van der Waals surface area contributed by atoms with Crippen LogP contribution in [0.3, 0.4) is 0 Å². The van der Waals surface area contributed by atoms with Gasteiger partial charge in [-0.05, 0) is 44.2 Å². The van der Waals surface area contributed by atoms with E-state index < -0.39 is 24.0 Å². The number of para-hydroxylation sites is 1. The van der Waals surface area contributed by atoms with Gasteiger partial charge >= 0.3 is 0 Å². The zero-order chi connectivity index (χ0) is 19.8. The van der Waals surface area contributed by atoms with Gasteiger partial charge in [-0.25, -0.2) is 0 Å². The van der Waals surface area contributed by atoms with E-state index in [0.29, 0.717) is 17.1 Å². The van der Waals surface area contributed by atoms with E-state index in [9.17, 15) is 9.59 Å². The maximum atomic E-state index is 12.1. The Bertz CT molecular complexity index is 866. The van der Waals surface area contributed by atoms with Crippen molar-refractivity contribution in [2.75, 3.05) is 0 Å². The molecule has 2 N–H and O–H groups in total. The van der Waals surface area contributed by atoms with Crippen LogP contribution in [-0.4, -0.2) is 24.0 Å². The number of halogens is 1. The van der Waals surface area contributed by atoms with Gasteiger partial charge in [-0.3, -0.25) is 20.4 Å². The number of ether oxygens (including phenoxy) is 2. The topological polar surface area (TPSA) is 100 Å². The molecule has 0 aliphatic heterocycles. The molecule has 0 bridgehead atoms. The first-order valence-corrected chi connectivity index (χ1v) is 8.87. The predicted molar refractivity (Wildman–Crippen MR) is 102 cm³/mol. The average molecular weight is 432 g/mol. The van der Waals surface area contributed by atoms with Crippen LogP contribution in [0.5, 0.6) is 11.5 Å².